The first kappa shape index (κ1) is 21.4. The molecule has 0 spiro atoms. The lowest BCUT2D eigenvalue weighted by atomic mass is 10.00. The molecule has 9 heteroatoms. The SMILES string of the molecule is O=C(Nc1ccc(-c2nnn(CC(=O)N3CCc4ccccc4C3)n2)cc1)c1ccc(F)cc1. The van der Waals surface area contributed by atoms with Crippen LogP contribution < -0.4 is 5.32 Å². The van der Waals surface area contributed by atoms with Crippen LogP contribution in [0.5, 0.6) is 0 Å². The van der Waals surface area contributed by atoms with E-state index < -0.39 is 5.82 Å². The van der Waals surface area contributed by atoms with Crippen molar-refractivity contribution in [2.45, 2.75) is 19.5 Å². The minimum absolute atomic E-state index is 0.0149. The zero-order valence-electron chi connectivity index (χ0n) is 18.2. The average Bonchev–Trinajstić information content (AvgIpc) is 3.33. The van der Waals surface area contributed by atoms with Crippen LogP contribution in [0.25, 0.3) is 11.4 Å². The van der Waals surface area contributed by atoms with E-state index in [0.29, 0.717) is 35.7 Å². The molecule has 4 aromatic rings. The van der Waals surface area contributed by atoms with Gasteiger partial charge in [-0.15, -0.1) is 10.2 Å². The van der Waals surface area contributed by atoms with Gasteiger partial charge >= 0.3 is 0 Å². The number of hydrogen-bond acceptors (Lipinski definition) is 5. The lowest BCUT2D eigenvalue weighted by molar-refractivity contribution is -0.133. The zero-order chi connectivity index (χ0) is 23.5. The molecule has 170 valence electrons. The van der Waals surface area contributed by atoms with Gasteiger partial charge in [0, 0.05) is 29.9 Å². The highest BCUT2D eigenvalue weighted by Crippen LogP contribution is 2.20. The largest absolute Gasteiger partial charge is 0.336 e. The molecular formula is C25H21FN6O2. The van der Waals surface area contributed by atoms with Gasteiger partial charge in [0.25, 0.3) is 5.91 Å². The second-order valence-electron chi connectivity index (χ2n) is 8.02. The number of nitrogens with one attached hydrogen (secondary N) is 1. The molecule has 0 bridgehead atoms. The Balaban J connectivity index is 1.20. The van der Waals surface area contributed by atoms with Gasteiger partial charge in [-0.3, -0.25) is 9.59 Å². The molecular weight excluding hydrogens is 435 g/mol. The van der Waals surface area contributed by atoms with E-state index in [0.717, 1.165) is 6.42 Å². The monoisotopic (exact) mass is 456 g/mol. The number of nitrogens with zero attached hydrogens (tertiary/aromatic N) is 5. The van der Waals surface area contributed by atoms with Crippen LogP contribution in [0.15, 0.2) is 72.8 Å². The zero-order valence-corrected chi connectivity index (χ0v) is 18.2. The summed E-state index contributed by atoms with van der Waals surface area (Å²) in [4.78, 5) is 28.1. The van der Waals surface area contributed by atoms with Crippen molar-refractivity contribution in [3.8, 4) is 11.4 Å². The molecule has 2 heterocycles. The van der Waals surface area contributed by atoms with E-state index in [1.54, 1.807) is 24.3 Å². The Morgan fingerprint density at radius 2 is 1.68 bits per heavy atom. The van der Waals surface area contributed by atoms with Crippen molar-refractivity contribution < 1.29 is 14.0 Å². The molecule has 1 N–H and O–H groups in total. The van der Waals surface area contributed by atoms with Crippen LogP contribution in [0.4, 0.5) is 10.1 Å². The van der Waals surface area contributed by atoms with Gasteiger partial charge in [-0.25, -0.2) is 4.39 Å². The van der Waals surface area contributed by atoms with Crippen molar-refractivity contribution >= 4 is 17.5 Å². The molecule has 0 radical (unpaired) electrons. The van der Waals surface area contributed by atoms with E-state index in [-0.39, 0.29) is 18.4 Å². The molecule has 0 aliphatic carbocycles. The number of benzene rings is 3. The summed E-state index contributed by atoms with van der Waals surface area (Å²) in [6, 6.07) is 20.4. The van der Waals surface area contributed by atoms with Crippen molar-refractivity contribution in [2.24, 2.45) is 0 Å². The topological polar surface area (TPSA) is 93.0 Å². The predicted molar refractivity (Wildman–Crippen MR) is 123 cm³/mol. The second kappa shape index (κ2) is 9.22. The number of aromatic nitrogens is 4. The molecule has 0 saturated carbocycles. The van der Waals surface area contributed by atoms with E-state index >= 15 is 0 Å². The van der Waals surface area contributed by atoms with E-state index in [1.165, 1.54) is 40.2 Å². The standard InChI is InChI=1S/C25H21FN6O2/c26-21-9-5-19(6-10-21)25(34)27-22-11-7-18(8-12-22)24-28-30-32(29-24)16-23(33)31-14-13-17-3-1-2-4-20(17)15-31/h1-12H,13-16H2,(H,27,34). The lowest BCUT2D eigenvalue weighted by Gasteiger charge is -2.28. The summed E-state index contributed by atoms with van der Waals surface area (Å²) in [5, 5.41) is 15.2. The van der Waals surface area contributed by atoms with E-state index in [2.05, 4.69) is 26.8 Å². The Morgan fingerprint density at radius 3 is 2.44 bits per heavy atom. The highest BCUT2D eigenvalue weighted by atomic mass is 19.1. The summed E-state index contributed by atoms with van der Waals surface area (Å²) in [6.07, 6.45) is 0.835. The van der Waals surface area contributed by atoms with Crippen molar-refractivity contribution in [1.29, 1.82) is 0 Å². The van der Waals surface area contributed by atoms with Crippen LogP contribution in [-0.2, 0) is 24.3 Å². The third-order valence-corrected chi connectivity index (χ3v) is 5.72. The van der Waals surface area contributed by atoms with Crippen LogP contribution in [0.2, 0.25) is 0 Å². The number of fused-ring (bicyclic) bond motifs is 1. The van der Waals surface area contributed by atoms with Gasteiger partial charge in [0.15, 0.2) is 0 Å². The number of carbonyl (C=O) groups excluding carboxylic acids is 2. The van der Waals surface area contributed by atoms with Crippen LogP contribution in [0.1, 0.15) is 21.5 Å². The Hall–Kier alpha value is -4.40. The first-order valence-corrected chi connectivity index (χ1v) is 10.8. The van der Waals surface area contributed by atoms with Gasteiger partial charge in [0.05, 0.1) is 0 Å². The Morgan fingerprint density at radius 1 is 0.941 bits per heavy atom. The molecule has 34 heavy (non-hydrogen) atoms. The van der Waals surface area contributed by atoms with Crippen molar-refractivity contribution in [3.63, 3.8) is 0 Å². The number of carbonyl (C=O) groups is 2. The number of amides is 2. The van der Waals surface area contributed by atoms with Crippen LogP contribution in [0.3, 0.4) is 0 Å². The molecule has 1 aliphatic rings. The first-order chi connectivity index (χ1) is 16.5. The fraction of sp³-hybridized carbons (Fsp3) is 0.160. The molecule has 0 fully saturated rings. The number of tetrazole rings is 1. The quantitative estimate of drug-likeness (QED) is 0.497. The number of hydrogen-bond donors (Lipinski definition) is 1. The maximum absolute atomic E-state index is 13.0. The lowest BCUT2D eigenvalue weighted by Crippen LogP contribution is -2.38. The van der Waals surface area contributed by atoms with Gasteiger partial charge in [-0.2, -0.15) is 4.80 Å². The Labute approximate surface area is 195 Å². The van der Waals surface area contributed by atoms with Crippen LogP contribution in [-0.4, -0.2) is 43.5 Å². The van der Waals surface area contributed by atoms with Crippen molar-refractivity contribution in [3.05, 3.63) is 95.3 Å². The smallest absolute Gasteiger partial charge is 0.255 e. The summed E-state index contributed by atoms with van der Waals surface area (Å²) in [6.45, 7) is 1.27. The summed E-state index contributed by atoms with van der Waals surface area (Å²) in [5.74, 6) is -0.411. The highest BCUT2D eigenvalue weighted by molar-refractivity contribution is 6.04. The third-order valence-electron chi connectivity index (χ3n) is 5.72. The summed E-state index contributed by atoms with van der Waals surface area (Å²) >= 11 is 0. The molecule has 1 aromatic heterocycles. The normalized spacial score (nSPS) is 12.8. The van der Waals surface area contributed by atoms with Gasteiger partial charge in [0.2, 0.25) is 11.7 Å². The molecule has 1 aliphatic heterocycles. The molecule has 5 rings (SSSR count). The number of rotatable bonds is 5. The molecule has 0 atom stereocenters. The molecule has 3 aromatic carbocycles. The maximum atomic E-state index is 13.0. The summed E-state index contributed by atoms with van der Waals surface area (Å²) in [7, 11) is 0. The van der Waals surface area contributed by atoms with E-state index in [4.69, 9.17) is 0 Å². The van der Waals surface area contributed by atoms with Gasteiger partial charge < -0.3 is 10.2 Å². The fourth-order valence-corrected chi connectivity index (χ4v) is 3.86. The Bertz CT molecular complexity index is 1330. The van der Waals surface area contributed by atoms with Crippen LogP contribution >= 0.6 is 0 Å². The molecule has 0 saturated heterocycles. The number of halogens is 1. The van der Waals surface area contributed by atoms with Gasteiger partial charge in [-0.05, 0) is 71.3 Å². The third kappa shape index (κ3) is 4.68. The maximum Gasteiger partial charge on any atom is 0.255 e. The average molecular weight is 456 g/mol. The van der Waals surface area contributed by atoms with Gasteiger partial charge in [-0.1, -0.05) is 24.3 Å². The van der Waals surface area contributed by atoms with Crippen molar-refractivity contribution in [1.82, 2.24) is 25.1 Å². The number of anilines is 1. The molecule has 0 unspecified atom stereocenters. The molecule has 2 amide bonds. The van der Waals surface area contributed by atoms with Crippen molar-refractivity contribution in [2.75, 3.05) is 11.9 Å². The van der Waals surface area contributed by atoms with Gasteiger partial charge in [0.1, 0.15) is 12.4 Å². The summed E-state index contributed by atoms with van der Waals surface area (Å²) < 4.78 is 13.0. The second-order valence-corrected chi connectivity index (χ2v) is 8.02. The van der Waals surface area contributed by atoms with E-state index in [9.17, 15) is 14.0 Å². The Kier molecular flexibility index (Phi) is 5.82. The fourth-order valence-electron chi connectivity index (χ4n) is 3.86. The van der Waals surface area contributed by atoms with E-state index in [1.807, 2.05) is 23.1 Å². The minimum atomic E-state index is -0.399. The highest BCUT2D eigenvalue weighted by Gasteiger charge is 2.21. The molecule has 8 nitrogen and oxygen atoms in total. The minimum Gasteiger partial charge on any atom is -0.336 e. The first-order valence-electron chi connectivity index (χ1n) is 10.8. The van der Waals surface area contributed by atoms with Crippen LogP contribution in [0, 0.1) is 5.82 Å². The predicted octanol–water partition coefficient (Wildman–Crippen LogP) is 3.32. The summed E-state index contributed by atoms with van der Waals surface area (Å²) in [5.41, 5.74) is 4.08.